The van der Waals surface area contributed by atoms with E-state index in [1.807, 2.05) is 0 Å². The van der Waals surface area contributed by atoms with Gasteiger partial charge in [-0.1, -0.05) is 0 Å². The lowest BCUT2D eigenvalue weighted by Crippen LogP contribution is -2.48. The van der Waals surface area contributed by atoms with Crippen molar-refractivity contribution in [3.8, 4) is 0 Å². The van der Waals surface area contributed by atoms with Crippen molar-refractivity contribution in [1.29, 1.82) is 0 Å². The van der Waals surface area contributed by atoms with E-state index in [0.29, 0.717) is 6.04 Å². The van der Waals surface area contributed by atoms with Crippen LogP contribution in [-0.4, -0.2) is 69.0 Å². The van der Waals surface area contributed by atoms with Crippen molar-refractivity contribution in [2.75, 3.05) is 39.5 Å². The van der Waals surface area contributed by atoms with Gasteiger partial charge in [-0.2, -0.15) is 0 Å². The molecule has 0 aliphatic carbocycles. The van der Waals surface area contributed by atoms with Gasteiger partial charge in [0.05, 0.1) is 5.25 Å². The van der Waals surface area contributed by atoms with Gasteiger partial charge in [0, 0.05) is 12.3 Å². The number of rotatable bonds is 2. The van der Waals surface area contributed by atoms with E-state index in [-0.39, 0.29) is 5.25 Å². The fourth-order valence-corrected chi connectivity index (χ4v) is 4.10. The minimum Gasteiger partial charge on any atom is -0.306 e. The van der Waals surface area contributed by atoms with Crippen molar-refractivity contribution in [2.24, 2.45) is 0 Å². The molecular weight excluding hydrogens is 236 g/mol. The Balaban J connectivity index is 1.83. The monoisotopic (exact) mass is 260 g/mol. The average Bonchev–Trinajstić information content (AvgIpc) is 2.29. The summed E-state index contributed by atoms with van der Waals surface area (Å²) in [6, 6.07) is 0.687. The highest BCUT2D eigenvalue weighted by atomic mass is 32.2. The lowest BCUT2D eigenvalue weighted by Gasteiger charge is -2.40. The van der Waals surface area contributed by atoms with Crippen molar-refractivity contribution in [2.45, 2.75) is 37.0 Å². The summed E-state index contributed by atoms with van der Waals surface area (Å²) in [6.07, 6.45) is 5.50. The van der Waals surface area contributed by atoms with Crippen LogP contribution in [0.5, 0.6) is 0 Å². The van der Waals surface area contributed by atoms with Crippen LogP contribution in [0.1, 0.15) is 25.7 Å². The summed E-state index contributed by atoms with van der Waals surface area (Å²) in [4.78, 5) is 4.88. The summed E-state index contributed by atoms with van der Waals surface area (Å²) in [5, 5.41) is -0.0926. The highest BCUT2D eigenvalue weighted by Crippen LogP contribution is 2.23. The molecule has 100 valence electrons. The minimum absolute atomic E-state index is 0.0926. The van der Waals surface area contributed by atoms with Gasteiger partial charge in [-0.15, -0.1) is 0 Å². The van der Waals surface area contributed by atoms with Crippen LogP contribution < -0.4 is 0 Å². The summed E-state index contributed by atoms with van der Waals surface area (Å²) >= 11 is 0. The molecule has 2 aliphatic rings. The van der Waals surface area contributed by atoms with Gasteiger partial charge in [0.25, 0.3) is 0 Å². The zero-order valence-corrected chi connectivity index (χ0v) is 11.7. The summed E-state index contributed by atoms with van der Waals surface area (Å²) in [5.74, 6) is 0. The fourth-order valence-electron chi connectivity index (χ4n) is 3.03. The Labute approximate surface area is 105 Å². The Hall–Kier alpha value is -0.130. The van der Waals surface area contributed by atoms with Crippen LogP contribution in [0.3, 0.4) is 0 Å². The quantitative estimate of drug-likeness (QED) is 0.728. The lowest BCUT2D eigenvalue weighted by molar-refractivity contribution is 0.104. The average molecular weight is 260 g/mol. The molecule has 0 unspecified atom stereocenters. The number of nitrogens with zero attached hydrogens (tertiary/aromatic N) is 2. The first-order chi connectivity index (χ1) is 7.97. The van der Waals surface area contributed by atoms with E-state index < -0.39 is 9.84 Å². The standard InChI is InChI=1S/C12H24N2O2S/c1-13-7-3-11(4-8-13)14-9-5-12(6-10-14)17(2,15)16/h11-12H,3-10H2,1-2H3. The van der Waals surface area contributed by atoms with Gasteiger partial charge in [-0.05, 0) is 58.9 Å². The van der Waals surface area contributed by atoms with Crippen LogP contribution >= 0.6 is 0 Å². The Morgan fingerprint density at radius 1 is 0.941 bits per heavy atom. The molecular formula is C12H24N2O2S. The largest absolute Gasteiger partial charge is 0.306 e. The molecule has 2 fully saturated rings. The second kappa shape index (κ2) is 5.24. The molecule has 0 bridgehead atoms. The minimum atomic E-state index is -2.82. The summed E-state index contributed by atoms with van der Waals surface area (Å²) in [7, 11) is -0.651. The molecule has 5 heteroatoms. The van der Waals surface area contributed by atoms with Crippen molar-refractivity contribution < 1.29 is 8.42 Å². The van der Waals surface area contributed by atoms with E-state index in [1.54, 1.807) is 0 Å². The van der Waals surface area contributed by atoms with Gasteiger partial charge < -0.3 is 9.80 Å². The second-order valence-electron chi connectivity index (χ2n) is 5.60. The number of likely N-dealkylation sites (tertiary alicyclic amines) is 2. The van der Waals surface area contributed by atoms with Crippen molar-refractivity contribution in [3.63, 3.8) is 0 Å². The van der Waals surface area contributed by atoms with Crippen molar-refractivity contribution in [3.05, 3.63) is 0 Å². The number of hydrogen-bond acceptors (Lipinski definition) is 4. The van der Waals surface area contributed by atoms with E-state index in [2.05, 4.69) is 16.8 Å². The Morgan fingerprint density at radius 2 is 1.47 bits per heavy atom. The maximum absolute atomic E-state index is 11.5. The lowest BCUT2D eigenvalue weighted by atomic mass is 10.0. The molecule has 4 nitrogen and oxygen atoms in total. The molecule has 2 saturated heterocycles. The zero-order valence-electron chi connectivity index (χ0n) is 10.9. The first-order valence-electron chi connectivity index (χ1n) is 6.58. The molecule has 0 N–H and O–H groups in total. The first-order valence-corrected chi connectivity index (χ1v) is 8.54. The maximum atomic E-state index is 11.5. The predicted molar refractivity (Wildman–Crippen MR) is 70.0 cm³/mol. The Bertz CT molecular complexity index is 340. The number of sulfone groups is 1. The summed E-state index contributed by atoms with van der Waals surface area (Å²) < 4.78 is 23.0. The molecule has 2 rings (SSSR count). The summed E-state index contributed by atoms with van der Waals surface area (Å²) in [6.45, 7) is 4.28. The molecule has 2 heterocycles. The number of piperidine rings is 2. The molecule has 17 heavy (non-hydrogen) atoms. The third-order valence-electron chi connectivity index (χ3n) is 4.29. The van der Waals surface area contributed by atoms with E-state index in [1.165, 1.54) is 32.2 Å². The van der Waals surface area contributed by atoms with Crippen molar-refractivity contribution in [1.82, 2.24) is 9.80 Å². The molecule has 0 spiro atoms. The van der Waals surface area contributed by atoms with Crippen LogP contribution in [-0.2, 0) is 9.84 Å². The van der Waals surface area contributed by atoms with Gasteiger partial charge in [-0.3, -0.25) is 0 Å². The summed E-state index contributed by atoms with van der Waals surface area (Å²) in [5.41, 5.74) is 0. The SMILES string of the molecule is CN1CCC(N2CCC(S(C)(=O)=O)CC2)CC1. The van der Waals surface area contributed by atoms with Gasteiger partial charge in [0.1, 0.15) is 9.84 Å². The van der Waals surface area contributed by atoms with Crippen LogP contribution in [0, 0.1) is 0 Å². The first kappa shape index (κ1) is 13.3. The molecule has 0 amide bonds. The topological polar surface area (TPSA) is 40.6 Å². The van der Waals surface area contributed by atoms with Gasteiger partial charge >= 0.3 is 0 Å². The zero-order chi connectivity index (χ0) is 12.5. The van der Waals surface area contributed by atoms with Crippen LogP contribution in [0.4, 0.5) is 0 Å². The fraction of sp³-hybridized carbons (Fsp3) is 1.00. The van der Waals surface area contributed by atoms with Crippen LogP contribution in [0.15, 0.2) is 0 Å². The van der Waals surface area contributed by atoms with E-state index in [4.69, 9.17) is 0 Å². The molecule has 0 aromatic rings. The Kier molecular flexibility index (Phi) is 4.10. The van der Waals surface area contributed by atoms with Gasteiger partial charge in [0.15, 0.2) is 0 Å². The normalized spacial score (nSPS) is 27.4. The third-order valence-corrected chi connectivity index (χ3v) is 5.97. The maximum Gasteiger partial charge on any atom is 0.150 e. The van der Waals surface area contributed by atoms with E-state index in [9.17, 15) is 8.42 Å². The number of hydrogen-bond donors (Lipinski definition) is 0. The molecule has 0 aromatic heterocycles. The smallest absolute Gasteiger partial charge is 0.150 e. The van der Waals surface area contributed by atoms with E-state index >= 15 is 0 Å². The van der Waals surface area contributed by atoms with Crippen molar-refractivity contribution >= 4 is 9.84 Å². The molecule has 0 atom stereocenters. The van der Waals surface area contributed by atoms with E-state index in [0.717, 1.165) is 25.9 Å². The molecule has 0 aromatic carbocycles. The van der Waals surface area contributed by atoms with Gasteiger partial charge in [0.2, 0.25) is 0 Å². The second-order valence-corrected chi connectivity index (χ2v) is 7.93. The molecule has 0 saturated carbocycles. The molecule has 2 aliphatic heterocycles. The highest BCUT2D eigenvalue weighted by molar-refractivity contribution is 7.91. The van der Waals surface area contributed by atoms with Crippen LogP contribution in [0.25, 0.3) is 0 Å². The predicted octanol–water partition coefficient (Wildman–Crippen LogP) is 0.590. The third kappa shape index (κ3) is 3.42. The van der Waals surface area contributed by atoms with Gasteiger partial charge in [-0.25, -0.2) is 8.42 Å². The Morgan fingerprint density at radius 3 is 1.94 bits per heavy atom. The molecule has 0 radical (unpaired) electrons. The highest BCUT2D eigenvalue weighted by Gasteiger charge is 2.30. The van der Waals surface area contributed by atoms with Crippen LogP contribution in [0.2, 0.25) is 0 Å².